The molecule has 0 amide bonds. The lowest BCUT2D eigenvalue weighted by Crippen LogP contribution is -2.42. The van der Waals surface area contributed by atoms with Gasteiger partial charge in [-0.15, -0.1) is 0 Å². The van der Waals surface area contributed by atoms with Gasteiger partial charge in [0.15, 0.2) is 11.5 Å². The third-order valence-electron chi connectivity index (χ3n) is 6.60. The highest BCUT2D eigenvalue weighted by molar-refractivity contribution is 5.81. The van der Waals surface area contributed by atoms with Gasteiger partial charge in [0.2, 0.25) is 0 Å². The van der Waals surface area contributed by atoms with Crippen molar-refractivity contribution in [2.24, 2.45) is 16.2 Å². The first-order chi connectivity index (χ1) is 18.3. The van der Waals surface area contributed by atoms with E-state index in [9.17, 15) is 24.3 Å². The highest BCUT2D eigenvalue weighted by Crippen LogP contribution is 2.34. The second-order valence-corrected chi connectivity index (χ2v) is 12.6. The molecule has 0 bridgehead atoms. The van der Waals surface area contributed by atoms with Crippen LogP contribution in [0.15, 0.2) is 18.2 Å². The molecule has 1 rings (SSSR count). The smallest absolute Gasteiger partial charge is 0.480 e. The Hall–Kier alpha value is -3.14. The molecule has 0 spiro atoms. The van der Waals surface area contributed by atoms with Crippen molar-refractivity contribution in [3.05, 3.63) is 23.8 Å². The van der Waals surface area contributed by atoms with Crippen molar-refractivity contribution in [1.29, 1.82) is 0 Å². The van der Waals surface area contributed by atoms with E-state index in [0.717, 1.165) is 0 Å². The first kappa shape index (κ1) is 34.9. The molecule has 0 fully saturated rings. The summed E-state index contributed by atoms with van der Waals surface area (Å²) in [5.41, 5.74) is -1.22. The van der Waals surface area contributed by atoms with E-state index in [4.69, 9.17) is 18.9 Å². The Kier molecular flexibility index (Phi) is 12.6. The second kappa shape index (κ2) is 14.5. The van der Waals surface area contributed by atoms with Crippen molar-refractivity contribution in [1.82, 2.24) is 5.32 Å². The number of ether oxygens (including phenoxy) is 4. The number of hydrogen-bond donors (Lipinski definition) is 2. The van der Waals surface area contributed by atoms with Crippen molar-refractivity contribution >= 4 is 24.1 Å². The average molecular weight is 566 g/mol. The van der Waals surface area contributed by atoms with E-state index in [2.05, 4.69) is 5.32 Å². The maximum absolute atomic E-state index is 12.8. The summed E-state index contributed by atoms with van der Waals surface area (Å²) in [4.78, 5) is 49.5. The first-order valence-corrected chi connectivity index (χ1v) is 13.7. The number of aliphatic carboxylic acids is 1. The Bertz CT molecular complexity index is 1040. The fraction of sp³-hybridized carbons (Fsp3) is 0.667. The zero-order chi connectivity index (χ0) is 30.9. The van der Waals surface area contributed by atoms with E-state index < -0.39 is 47.0 Å². The van der Waals surface area contributed by atoms with E-state index in [0.29, 0.717) is 18.4 Å². The molecular formula is C30H47NO9. The summed E-state index contributed by atoms with van der Waals surface area (Å²) < 4.78 is 21.6. The Morgan fingerprint density at radius 1 is 0.875 bits per heavy atom. The largest absolute Gasteiger partial charge is 0.508 e. The summed E-state index contributed by atoms with van der Waals surface area (Å²) in [6.45, 7) is 18.4. The molecule has 0 heterocycles. The number of carbonyl (C=O) groups excluding carboxylic acids is 3. The summed E-state index contributed by atoms with van der Waals surface area (Å²) in [6.07, 6.45) is -0.379. The Morgan fingerprint density at radius 2 is 1.40 bits per heavy atom. The second-order valence-electron chi connectivity index (χ2n) is 12.6. The maximum Gasteiger partial charge on any atom is 0.508 e. The van der Waals surface area contributed by atoms with Crippen molar-refractivity contribution in [3.63, 3.8) is 0 Å². The zero-order valence-electron chi connectivity index (χ0n) is 25.6. The normalized spacial score (nSPS) is 13.7. The molecule has 0 aliphatic carbocycles. The van der Waals surface area contributed by atoms with E-state index in [1.807, 2.05) is 34.6 Å². The zero-order valence-corrected chi connectivity index (χ0v) is 25.6. The minimum absolute atomic E-state index is 0.0208. The van der Waals surface area contributed by atoms with Crippen LogP contribution in [0.5, 0.6) is 11.5 Å². The molecule has 10 heteroatoms. The molecule has 2 atom stereocenters. The lowest BCUT2D eigenvalue weighted by atomic mass is 9.90. The van der Waals surface area contributed by atoms with Gasteiger partial charge in [0.25, 0.3) is 0 Å². The van der Waals surface area contributed by atoms with Gasteiger partial charge in [-0.05, 0) is 77.0 Å². The van der Waals surface area contributed by atoms with Crippen molar-refractivity contribution in [3.8, 4) is 11.5 Å². The van der Waals surface area contributed by atoms with Crippen LogP contribution in [0.1, 0.15) is 87.6 Å². The molecule has 0 aliphatic rings. The van der Waals surface area contributed by atoms with Gasteiger partial charge in [-0.1, -0.05) is 40.7 Å². The molecule has 226 valence electrons. The van der Waals surface area contributed by atoms with Gasteiger partial charge in [0.1, 0.15) is 12.1 Å². The number of benzene rings is 1. The van der Waals surface area contributed by atoms with Crippen LogP contribution in [0.2, 0.25) is 0 Å². The fourth-order valence-corrected chi connectivity index (χ4v) is 2.91. The van der Waals surface area contributed by atoms with Crippen LogP contribution >= 0.6 is 0 Å². The summed E-state index contributed by atoms with van der Waals surface area (Å²) >= 11 is 0. The predicted molar refractivity (Wildman–Crippen MR) is 150 cm³/mol. The van der Waals surface area contributed by atoms with Gasteiger partial charge in [0.05, 0.1) is 17.4 Å². The quantitative estimate of drug-likeness (QED) is 0.218. The van der Waals surface area contributed by atoms with Gasteiger partial charge >= 0.3 is 24.1 Å². The van der Waals surface area contributed by atoms with Crippen LogP contribution < -0.4 is 14.8 Å². The van der Waals surface area contributed by atoms with E-state index in [1.54, 1.807) is 40.7 Å². The van der Waals surface area contributed by atoms with Gasteiger partial charge in [-0.2, -0.15) is 0 Å². The lowest BCUT2D eigenvalue weighted by molar-refractivity contribution is -0.147. The minimum atomic E-state index is -1.12. The van der Waals surface area contributed by atoms with E-state index in [1.165, 1.54) is 12.1 Å². The molecule has 0 aliphatic heterocycles. The highest BCUT2D eigenvalue weighted by atomic mass is 16.7. The van der Waals surface area contributed by atoms with Gasteiger partial charge in [-0.25, -0.2) is 4.79 Å². The van der Waals surface area contributed by atoms with Crippen LogP contribution in [0.25, 0.3) is 0 Å². The summed E-state index contributed by atoms with van der Waals surface area (Å²) in [7, 11) is 0. The molecule has 1 unspecified atom stereocenters. The molecule has 1 aromatic carbocycles. The Balaban J connectivity index is 3.08. The minimum Gasteiger partial charge on any atom is -0.480 e. The predicted octanol–water partition coefficient (Wildman–Crippen LogP) is 5.54. The SMILES string of the molecule is CCC(C)(C)C(=O)Oc1ccc(C[C@H](NCC(C)OC(=O)OCC(C)(C)C)C(=O)O)cc1OC(=O)C(C)(C)CC. The summed E-state index contributed by atoms with van der Waals surface area (Å²) in [5.74, 6) is -1.99. The third-order valence-corrected chi connectivity index (χ3v) is 6.60. The van der Waals surface area contributed by atoms with Crippen molar-refractivity contribution in [2.75, 3.05) is 13.2 Å². The molecule has 0 saturated carbocycles. The number of rotatable bonds is 14. The molecule has 0 aromatic heterocycles. The molecule has 0 radical (unpaired) electrons. The Morgan fingerprint density at radius 3 is 1.88 bits per heavy atom. The molecule has 10 nitrogen and oxygen atoms in total. The molecule has 2 N–H and O–H groups in total. The topological polar surface area (TPSA) is 137 Å². The molecule has 40 heavy (non-hydrogen) atoms. The van der Waals surface area contributed by atoms with E-state index >= 15 is 0 Å². The van der Waals surface area contributed by atoms with Crippen LogP contribution in [-0.2, 0) is 30.3 Å². The monoisotopic (exact) mass is 565 g/mol. The number of carbonyl (C=O) groups is 4. The highest BCUT2D eigenvalue weighted by Gasteiger charge is 2.32. The average Bonchev–Trinajstić information content (AvgIpc) is 2.85. The van der Waals surface area contributed by atoms with E-state index in [-0.39, 0.29) is 36.5 Å². The van der Waals surface area contributed by atoms with Crippen LogP contribution in [0, 0.1) is 16.2 Å². The number of carboxylic acid groups (broad SMARTS) is 1. The maximum atomic E-state index is 12.8. The number of hydrogen-bond acceptors (Lipinski definition) is 9. The molecule has 0 saturated heterocycles. The fourth-order valence-electron chi connectivity index (χ4n) is 2.91. The third kappa shape index (κ3) is 11.5. The number of carboxylic acids is 1. The molecular weight excluding hydrogens is 518 g/mol. The number of nitrogens with one attached hydrogen (secondary N) is 1. The van der Waals surface area contributed by atoms with Crippen molar-refractivity contribution in [2.45, 2.75) is 101 Å². The van der Waals surface area contributed by atoms with Crippen molar-refractivity contribution < 1.29 is 43.2 Å². The summed E-state index contributed by atoms with van der Waals surface area (Å²) in [5, 5.41) is 12.7. The van der Waals surface area contributed by atoms with Crippen LogP contribution in [0.4, 0.5) is 4.79 Å². The van der Waals surface area contributed by atoms with Crippen LogP contribution in [-0.4, -0.2) is 54.5 Å². The summed E-state index contributed by atoms with van der Waals surface area (Å²) in [6, 6.07) is 3.58. The van der Waals surface area contributed by atoms with Gasteiger partial charge < -0.3 is 29.4 Å². The van der Waals surface area contributed by atoms with Gasteiger partial charge in [0, 0.05) is 6.54 Å². The van der Waals surface area contributed by atoms with Crippen LogP contribution in [0.3, 0.4) is 0 Å². The number of esters is 2. The molecule has 1 aromatic rings. The van der Waals surface area contributed by atoms with Gasteiger partial charge in [-0.3, -0.25) is 14.4 Å². The first-order valence-electron chi connectivity index (χ1n) is 13.7. The Labute approximate surface area is 238 Å². The standard InChI is InChI=1S/C30H47NO9/c1-11-29(7,8)25(34)39-22-14-13-20(16-23(22)40-26(35)30(9,10)12-2)15-21(24(32)33)31-17-19(3)38-27(36)37-18-28(4,5)6/h13-14,16,19,21,31H,11-12,15,17-18H2,1-10H3,(H,32,33)/t19?,21-/m0/s1. The lowest BCUT2D eigenvalue weighted by Gasteiger charge is -2.24.